The van der Waals surface area contributed by atoms with Crippen LogP contribution in [-0.2, 0) is 4.79 Å². The molecule has 0 fully saturated rings. The summed E-state index contributed by atoms with van der Waals surface area (Å²) in [6, 6.07) is 24.5. The van der Waals surface area contributed by atoms with Gasteiger partial charge in [-0.15, -0.1) is 0 Å². The van der Waals surface area contributed by atoms with E-state index in [4.69, 9.17) is 4.74 Å². The minimum atomic E-state index is -0.894. The van der Waals surface area contributed by atoms with Crippen LogP contribution in [0.2, 0.25) is 0 Å². The van der Waals surface area contributed by atoms with Crippen LogP contribution in [0, 0.1) is 0 Å². The molecule has 1 amide bonds. The van der Waals surface area contributed by atoms with Gasteiger partial charge in [0.15, 0.2) is 5.79 Å². The van der Waals surface area contributed by atoms with E-state index in [1.54, 1.807) is 19.2 Å². The summed E-state index contributed by atoms with van der Waals surface area (Å²) >= 11 is 0. The number of anilines is 2. The number of methoxy groups -OCH3 is 1. The minimum absolute atomic E-state index is 0.0948. The Morgan fingerprint density at radius 3 is 2.09 bits per heavy atom. The number of rotatable bonds is 7. The number of allylic oxidation sites excluding steroid dienone is 1. The second-order valence-electron chi connectivity index (χ2n) is 8.63. The number of para-hydroxylation sites is 2. The highest BCUT2D eigenvalue weighted by atomic mass is 16.5. The lowest BCUT2D eigenvalue weighted by Crippen LogP contribution is -2.72. The van der Waals surface area contributed by atoms with Crippen molar-refractivity contribution in [2.45, 2.75) is 33.5 Å². The van der Waals surface area contributed by atoms with Crippen LogP contribution in [0.5, 0.6) is 11.5 Å². The maximum Gasteiger partial charge on any atom is 0.263 e. The van der Waals surface area contributed by atoms with E-state index < -0.39 is 5.79 Å². The largest absolute Gasteiger partial charge is 0.508 e. The third-order valence-corrected chi connectivity index (χ3v) is 6.82. The van der Waals surface area contributed by atoms with Crippen LogP contribution in [0.15, 0.2) is 84.6 Å². The Bertz CT molecular complexity index is 1220. The molecular formula is C29H33N3O3. The Morgan fingerprint density at radius 2 is 1.49 bits per heavy atom. The average molecular weight is 472 g/mol. The van der Waals surface area contributed by atoms with E-state index in [-0.39, 0.29) is 11.7 Å². The number of benzene rings is 3. The van der Waals surface area contributed by atoms with Crippen LogP contribution in [0.1, 0.15) is 33.3 Å². The van der Waals surface area contributed by atoms with Crippen LogP contribution < -0.4 is 14.5 Å². The number of hydrogen-bond acceptors (Lipinski definition) is 5. The molecule has 1 aliphatic heterocycles. The van der Waals surface area contributed by atoms with Gasteiger partial charge in [0.25, 0.3) is 5.91 Å². The van der Waals surface area contributed by atoms with Crippen LogP contribution in [0.4, 0.5) is 11.4 Å². The molecule has 0 spiro atoms. The van der Waals surface area contributed by atoms with Crippen molar-refractivity contribution in [3.63, 3.8) is 0 Å². The third-order valence-electron chi connectivity index (χ3n) is 6.82. The highest BCUT2D eigenvalue weighted by Crippen LogP contribution is 2.46. The van der Waals surface area contributed by atoms with Crippen molar-refractivity contribution in [3.05, 3.63) is 90.1 Å². The van der Waals surface area contributed by atoms with Crippen molar-refractivity contribution in [1.29, 1.82) is 0 Å². The molecule has 3 aromatic rings. The molecule has 1 N–H and O–H groups in total. The summed E-state index contributed by atoms with van der Waals surface area (Å²) in [5, 5.41) is 10.0. The first-order chi connectivity index (χ1) is 16.9. The van der Waals surface area contributed by atoms with Gasteiger partial charge in [-0.25, -0.2) is 0 Å². The number of ether oxygens (including phenoxy) is 1. The summed E-state index contributed by atoms with van der Waals surface area (Å²) in [5.74, 6) is -0.175. The molecule has 3 aromatic carbocycles. The summed E-state index contributed by atoms with van der Waals surface area (Å²) in [6.07, 6.45) is 0. The summed E-state index contributed by atoms with van der Waals surface area (Å²) < 4.78 is 5.73. The molecule has 182 valence electrons. The molecule has 0 aliphatic carbocycles. The first-order valence-corrected chi connectivity index (χ1v) is 12.0. The highest BCUT2D eigenvalue weighted by molar-refractivity contribution is 6.29. The van der Waals surface area contributed by atoms with E-state index >= 15 is 0 Å². The summed E-state index contributed by atoms with van der Waals surface area (Å²) in [5.41, 5.74) is 3.87. The minimum Gasteiger partial charge on any atom is -0.508 e. The van der Waals surface area contributed by atoms with Crippen LogP contribution in [0.25, 0.3) is 5.57 Å². The molecule has 1 heterocycles. The molecule has 4 rings (SSSR count). The molecule has 0 aromatic heterocycles. The van der Waals surface area contributed by atoms with Crippen molar-refractivity contribution in [1.82, 2.24) is 4.90 Å². The van der Waals surface area contributed by atoms with Gasteiger partial charge in [-0.1, -0.05) is 56.3 Å². The lowest BCUT2D eigenvalue weighted by atomic mass is 9.95. The predicted molar refractivity (Wildman–Crippen MR) is 141 cm³/mol. The third kappa shape index (κ3) is 4.04. The zero-order chi connectivity index (χ0) is 25.2. The smallest absolute Gasteiger partial charge is 0.263 e. The SMILES string of the molecule is CCN(CC)C1(C)N(c2ccc(O)cc2)C(C)=C(c2ccccc2)C(=O)N1c1ccccc1OC. The lowest BCUT2D eigenvalue weighted by Gasteiger charge is -2.57. The van der Waals surface area contributed by atoms with Gasteiger partial charge in [0.2, 0.25) is 0 Å². The fourth-order valence-electron chi connectivity index (χ4n) is 5.22. The van der Waals surface area contributed by atoms with Gasteiger partial charge >= 0.3 is 0 Å². The Kier molecular flexibility index (Phi) is 6.85. The number of nitrogens with zero attached hydrogens (tertiary/aromatic N) is 3. The second-order valence-corrected chi connectivity index (χ2v) is 8.63. The molecular weight excluding hydrogens is 438 g/mol. The van der Waals surface area contributed by atoms with Gasteiger partial charge in [-0.2, -0.15) is 0 Å². The van der Waals surface area contributed by atoms with Crippen molar-refractivity contribution in [3.8, 4) is 11.5 Å². The molecule has 0 radical (unpaired) electrons. The number of carbonyl (C=O) groups excluding carboxylic acids is 1. The van der Waals surface area contributed by atoms with Crippen molar-refractivity contribution < 1.29 is 14.6 Å². The van der Waals surface area contributed by atoms with E-state index in [9.17, 15) is 9.90 Å². The van der Waals surface area contributed by atoms with Gasteiger partial charge in [-0.05, 0) is 68.9 Å². The van der Waals surface area contributed by atoms with E-state index in [1.165, 1.54) is 0 Å². The Balaban J connectivity index is 2.10. The first-order valence-electron chi connectivity index (χ1n) is 12.0. The van der Waals surface area contributed by atoms with E-state index in [0.29, 0.717) is 30.1 Å². The zero-order valence-corrected chi connectivity index (χ0v) is 21.0. The van der Waals surface area contributed by atoms with E-state index in [1.807, 2.05) is 78.6 Å². The molecule has 1 aliphatic rings. The Morgan fingerprint density at radius 1 is 0.886 bits per heavy atom. The van der Waals surface area contributed by atoms with Crippen molar-refractivity contribution in [2.75, 3.05) is 30.0 Å². The molecule has 0 saturated heterocycles. The second kappa shape index (κ2) is 9.84. The van der Waals surface area contributed by atoms with Crippen LogP contribution in [0.3, 0.4) is 0 Å². The van der Waals surface area contributed by atoms with Gasteiger partial charge in [0.1, 0.15) is 11.5 Å². The lowest BCUT2D eigenvalue weighted by molar-refractivity contribution is -0.116. The number of amides is 1. The fourth-order valence-corrected chi connectivity index (χ4v) is 5.22. The molecule has 6 heteroatoms. The van der Waals surface area contributed by atoms with Gasteiger partial charge in [-0.3, -0.25) is 14.6 Å². The zero-order valence-electron chi connectivity index (χ0n) is 21.0. The maximum absolute atomic E-state index is 14.5. The molecule has 6 nitrogen and oxygen atoms in total. The average Bonchev–Trinajstić information content (AvgIpc) is 2.87. The molecule has 1 unspecified atom stereocenters. The number of phenols is 1. The molecule has 1 atom stereocenters. The van der Waals surface area contributed by atoms with Crippen LogP contribution >= 0.6 is 0 Å². The van der Waals surface area contributed by atoms with Crippen molar-refractivity contribution >= 4 is 22.9 Å². The number of phenolic OH excluding ortho intramolecular Hbond substituents is 1. The predicted octanol–water partition coefficient (Wildman–Crippen LogP) is 5.70. The summed E-state index contributed by atoms with van der Waals surface area (Å²) in [6.45, 7) is 9.70. The Labute approximate surface area is 207 Å². The van der Waals surface area contributed by atoms with E-state index in [0.717, 1.165) is 16.9 Å². The quantitative estimate of drug-likeness (QED) is 0.479. The molecule has 0 saturated carbocycles. The fraction of sp³-hybridized carbons (Fsp3) is 0.276. The topological polar surface area (TPSA) is 56.2 Å². The van der Waals surface area contributed by atoms with Crippen LogP contribution in [-0.4, -0.2) is 41.9 Å². The van der Waals surface area contributed by atoms with Gasteiger partial charge in [0.05, 0.1) is 18.4 Å². The van der Waals surface area contributed by atoms with Gasteiger partial charge < -0.3 is 14.7 Å². The highest BCUT2D eigenvalue weighted by Gasteiger charge is 2.52. The van der Waals surface area contributed by atoms with E-state index in [2.05, 4.69) is 30.6 Å². The summed E-state index contributed by atoms with van der Waals surface area (Å²) in [4.78, 5) is 20.8. The maximum atomic E-state index is 14.5. The molecule has 0 bridgehead atoms. The summed E-state index contributed by atoms with van der Waals surface area (Å²) in [7, 11) is 1.62. The monoisotopic (exact) mass is 471 g/mol. The Hall–Kier alpha value is -3.77. The number of aromatic hydroxyl groups is 1. The molecule has 35 heavy (non-hydrogen) atoms. The number of hydrogen-bond donors (Lipinski definition) is 1. The standard InChI is InChI=1S/C29H33N3O3/c1-6-30(7-2)29(4)31(23-17-19-24(33)20-18-23)21(3)27(22-13-9-8-10-14-22)28(34)32(29)25-15-11-12-16-26(25)35-5/h8-20,33H,6-7H2,1-5H3. The van der Waals surface area contributed by atoms with Gasteiger partial charge in [0, 0.05) is 11.4 Å². The number of carbonyl (C=O) groups is 1. The normalized spacial score (nSPS) is 18.4. The first kappa shape index (κ1) is 24.4. The van der Waals surface area contributed by atoms with Crippen molar-refractivity contribution in [2.24, 2.45) is 0 Å².